The molecule has 0 aliphatic carbocycles. The van der Waals surface area contributed by atoms with Gasteiger partial charge >= 0.3 is 0 Å². The Kier molecular flexibility index (Phi) is 16.7. The average Bonchev–Trinajstić information content (AvgIpc) is 3.01. The van der Waals surface area contributed by atoms with Crippen LogP contribution in [0.25, 0.3) is 0 Å². The van der Waals surface area contributed by atoms with Gasteiger partial charge in [-0.1, -0.05) is 30.3 Å². The molecule has 0 saturated carbocycles. The molecule has 0 aromatic heterocycles. The number of likely N-dealkylation sites (N-methyl/N-ethyl adjacent to an activating group) is 1. The molecule has 0 heterocycles. The van der Waals surface area contributed by atoms with E-state index in [4.69, 9.17) is 28.7 Å². The van der Waals surface area contributed by atoms with Crippen LogP contribution in [0.2, 0.25) is 0 Å². The number of nitrogens with one attached hydrogen (secondary N) is 4. The smallest absolute Gasteiger partial charge is 0.245 e. The number of benzene rings is 1. The van der Waals surface area contributed by atoms with Gasteiger partial charge in [-0.2, -0.15) is 0 Å². The van der Waals surface area contributed by atoms with Gasteiger partial charge in [-0.3, -0.25) is 38.8 Å². The zero-order valence-electron chi connectivity index (χ0n) is 29.7. The monoisotopic (exact) mass is 702 g/mol. The number of guanidine groups is 2. The van der Waals surface area contributed by atoms with Crippen LogP contribution in [0.15, 0.2) is 40.3 Å². The number of aliphatic imine (C=N–C) groups is 2. The lowest BCUT2D eigenvalue weighted by Crippen LogP contribution is -2.63. The van der Waals surface area contributed by atoms with Gasteiger partial charge in [0.1, 0.15) is 29.2 Å². The second kappa shape index (κ2) is 19.5. The van der Waals surface area contributed by atoms with Crippen LogP contribution >= 0.6 is 0 Å². The Hall–Kier alpha value is -5.42. The highest BCUT2D eigenvalue weighted by Crippen LogP contribution is 2.14. The molecule has 0 saturated heterocycles. The van der Waals surface area contributed by atoms with Crippen LogP contribution in [-0.4, -0.2) is 102 Å². The number of rotatable bonds is 20. The molecule has 1 aromatic rings. The van der Waals surface area contributed by atoms with E-state index < -0.39 is 64.6 Å². The molecule has 50 heavy (non-hydrogen) atoms. The van der Waals surface area contributed by atoms with Crippen LogP contribution in [-0.2, 0) is 35.2 Å². The van der Waals surface area contributed by atoms with E-state index in [2.05, 4.69) is 31.3 Å². The van der Waals surface area contributed by atoms with Crippen molar-refractivity contribution in [1.82, 2.24) is 26.2 Å². The molecule has 0 fully saturated rings. The van der Waals surface area contributed by atoms with Crippen molar-refractivity contribution >= 4 is 47.4 Å². The van der Waals surface area contributed by atoms with Crippen molar-refractivity contribution in [2.45, 2.75) is 95.9 Å². The average molecular weight is 703 g/mol. The summed E-state index contributed by atoms with van der Waals surface area (Å²) < 4.78 is 0. The first-order chi connectivity index (χ1) is 23.2. The summed E-state index contributed by atoms with van der Waals surface area (Å²) in [7, 11) is 1.42. The maximum Gasteiger partial charge on any atom is 0.245 e. The summed E-state index contributed by atoms with van der Waals surface area (Å²) in [5.41, 5.74) is 25.1. The normalized spacial score (nSPS) is 13.0. The first kappa shape index (κ1) is 42.6. The fourth-order valence-corrected chi connectivity index (χ4v) is 4.82. The number of hydrogen-bond donors (Lipinski definition) is 9. The van der Waals surface area contributed by atoms with Gasteiger partial charge in [0.15, 0.2) is 11.9 Å². The Morgan fingerprint density at radius 3 is 1.66 bits per heavy atom. The van der Waals surface area contributed by atoms with E-state index in [9.17, 15) is 28.8 Å². The van der Waals surface area contributed by atoms with E-state index in [1.54, 1.807) is 24.3 Å². The van der Waals surface area contributed by atoms with Crippen LogP contribution in [0.4, 0.5) is 0 Å². The molecular formula is C32H54N12O6. The molecule has 1 rings (SSSR count). The second-order valence-corrected chi connectivity index (χ2v) is 12.9. The molecule has 0 spiro atoms. The predicted molar refractivity (Wildman–Crippen MR) is 190 cm³/mol. The van der Waals surface area contributed by atoms with Crippen molar-refractivity contribution in [2.24, 2.45) is 38.7 Å². The molecule has 18 nitrogen and oxygen atoms in total. The Balaban J connectivity index is 3.26. The fourth-order valence-electron chi connectivity index (χ4n) is 4.82. The minimum Gasteiger partial charge on any atom is -0.370 e. The maximum atomic E-state index is 13.8. The minimum atomic E-state index is -1.61. The van der Waals surface area contributed by atoms with Gasteiger partial charge in [0.05, 0.1) is 0 Å². The number of hydrogen-bond acceptors (Lipinski definition) is 8. The number of carbonyl (C=O) groups excluding carboxylic acids is 6. The maximum absolute atomic E-state index is 13.8. The van der Waals surface area contributed by atoms with E-state index in [-0.39, 0.29) is 57.1 Å². The first-order valence-electron chi connectivity index (χ1n) is 16.1. The molecule has 14 N–H and O–H groups in total. The van der Waals surface area contributed by atoms with Gasteiger partial charge in [0, 0.05) is 33.5 Å². The summed E-state index contributed by atoms with van der Waals surface area (Å²) in [4.78, 5) is 87.3. The summed E-state index contributed by atoms with van der Waals surface area (Å²) in [6.07, 6.45) is 0.863. The molecule has 278 valence electrons. The molecule has 0 aliphatic rings. The molecule has 18 heteroatoms. The van der Waals surface area contributed by atoms with Gasteiger partial charge in [-0.15, -0.1) is 0 Å². The van der Waals surface area contributed by atoms with Gasteiger partial charge in [-0.05, 0) is 58.9 Å². The SMILES string of the molecule is CC(=O)NC(C)(C)C(=O)N[C@@H](CCCN=C(N)N)C(=O)NC(C)(C)C(=O)N[C@@H](CCCN=C(N)N)C(=O)N(C)[C@@H](Cc1ccccc1)C(N)=O. The highest BCUT2D eigenvalue weighted by molar-refractivity contribution is 5.98. The van der Waals surface area contributed by atoms with Crippen molar-refractivity contribution in [1.29, 1.82) is 0 Å². The summed E-state index contributed by atoms with van der Waals surface area (Å²) in [6, 6.07) is 5.65. The number of nitrogens with zero attached hydrogens (tertiary/aromatic N) is 3. The van der Waals surface area contributed by atoms with Gasteiger partial charge in [0.2, 0.25) is 35.4 Å². The highest BCUT2D eigenvalue weighted by atomic mass is 16.2. The molecule has 0 radical (unpaired) electrons. The zero-order valence-corrected chi connectivity index (χ0v) is 29.7. The molecule has 1 aromatic carbocycles. The van der Waals surface area contributed by atoms with Crippen molar-refractivity contribution in [3.05, 3.63) is 35.9 Å². The molecule has 3 atom stereocenters. The lowest BCUT2D eigenvalue weighted by Gasteiger charge is -2.33. The van der Waals surface area contributed by atoms with Gasteiger partial charge < -0.3 is 54.8 Å². The number of amides is 6. The summed E-state index contributed by atoms with van der Waals surface area (Å²) in [5, 5.41) is 10.5. The van der Waals surface area contributed by atoms with Crippen LogP contribution in [0, 0.1) is 0 Å². The first-order valence-corrected chi connectivity index (χ1v) is 16.1. The predicted octanol–water partition coefficient (Wildman–Crippen LogP) is -2.57. The van der Waals surface area contributed by atoms with E-state index in [0.717, 1.165) is 5.56 Å². The lowest BCUT2D eigenvalue weighted by molar-refractivity contribution is -0.142. The number of carbonyl (C=O) groups is 6. The van der Waals surface area contributed by atoms with Crippen molar-refractivity contribution in [2.75, 3.05) is 20.1 Å². The molecular weight excluding hydrogens is 648 g/mol. The van der Waals surface area contributed by atoms with Crippen molar-refractivity contribution in [3.8, 4) is 0 Å². The number of nitrogens with two attached hydrogens (primary N) is 5. The van der Waals surface area contributed by atoms with E-state index in [1.807, 2.05) is 6.07 Å². The van der Waals surface area contributed by atoms with E-state index in [1.165, 1.54) is 46.6 Å². The van der Waals surface area contributed by atoms with Crippen LogP contribution < -0.4 is 49.9 Å². The van der Waals surface area contributed by atoms with Crippen molar-refractivity contribution < 1.29 is 28.8 Å². The summed E-state index contributed by atoms with van der Waals surface area (Å²) in [5.74, 6) is -4.18. The van der Waals surface area contributed by atoms with Crippen LogP contribution in [0.1, 0.15) is 65.9 Å². The molecule has 0 unspecified atom stereocenters. The second-order valence-electron chi connectivity index (χ2n) is 12.9. The van der Waals surface area contributed by atoms with E-state index >= 15 is 0 Å². The Morgan fingerprint density at radius 2 is 1.20 bits per heavy atom. The number of primary amides is 1. The van der Waals surface area contributed by atoms with Crippen molar-refractivity contribution in [3.63, 3.8) is 0 Å². The quantitative estimate of drug-likeness (QED) is 0.0388. The molecule has 0 bridgehead atoms. The highest BCUT2D eigenvalue weighted by Gasteiger charge is 2.38. The summed E-state index contributed by atoms with van der Waals surface area (Å²) >= 11 is 0. The molecule has 6 amide bonds. The van der Waals surface area contributed by atoms with Crippen LogP contribution in [0.3, 0.4) is 0 Å². The Labute approximate surface area is 292 Å². The minimum absolute atomic E-state index is 0.0776. The zero-order chi connectivity index (χ0) is 38.2. The van der Waals surface area contributed by atoms with Gasteiger partial charge in [0.25, 0.3) is 0 Å². The largest absolute Gasteiger partial charge is 0.370 e. The lowest BCUT2D eigenvalue weighted by atomic mass is 9.99. The topological polar surface area (TPSA) is 309 Å². The summed E-state index contributed by atoms with van der Waals surface area (Å²) in [6.45, 7) is 7.36. The Bertz CT molecular complexity index is 1410. The third kappa shape index (κ3) is 14.8. The third-order valence-electron chi connectivity index (χ3n) is 7.59. The Morgan fingerprint density at radius 1 is 0.740 bits per heavy atom. The fraction of sp³-hybridized carbons (Fsp3) is 0.562. The standard InChI is InChI=1S/C32H54N12O6/c1-19(45)42-31(2,3)27(49)40-21(14-10-16-38-29(34)35)25(47)43-32(4,5)28(50)41-22(15-11-17-39-30(36)37)26(48)44(6)23(24(33)46)18-20-12-8-7-9-13-20/h7-9,12-13,21-23H,10-11,14-18H2,1-6H3,(H2,33,46)(H,40,49)(H,41,50)(H,42,45)(H,43,47)(H4,34,35,38)(H4,36,37,39)/t21-,22-,23-/m0/s1. The third-order valence-corrected chi connectivity index (χ3v) is 7.59. The van der Waals surface area contributed by atoms with Crippen LogP contribution in [0.5, 0.6) is 0 Å². The van der Waals surface area contributed by atoms with Gasteiger partial charge in [-0.25, -0.2) is 0 Å². The van der Waals surface area contributed by atoms with E-state index in [0.29, 0.717) is 0 Å². The molecule has 0 aliphatic heterocycles.